The first kappa shape index (κ1) is 20.1. The molecule has 0 radical (unpaired) electrons. The van der Waals surface area contributed by atoms with E-state index in [9.17, 15) is 13.2 Å². The molecule has 1 aliphatic heterocycles. The van der Waals surface area contributed by atoms with Crippen molar-refractivity contribution in [1.29, 1.82) is 0 Å². The van der Waals surface area contributed by atoms with Gasteiger partial charge in [-0.1, -0.05) is 0 Å². The minimum Gasteiger partial charge on any atom is -0.366 e. The molecule has 6 nitrogen and oxygen atoms in total. The average Bonchev–Trinajstić information content (AvgIpc) is 3.33. The lowest BCUT2D eigenvalue weighted by Gasteiger charge is -2.09. The highest BCUT2D eigenvalue weighted by Gasteiger charge is 2.28. The molecule has 1 saturated heterocycles. The fourth-order valence-corrected chi connectivity index (χ4v) is 6.96. The van der Waals surface area contributed by atoms with E-state index in [0.717, 1.165) is 34.1 Å². The Morgan fingerprint density at radius 3 is 2.72 bits per heavy atom. The van der Waals surface area contributed by atoms with Crippen LogP contribution in [0.25, 0.3) is 22.0 Å². The van der Waals surface area contributed by atoms with Crippen molar-refractivity contribution >= 4 is 38.0 Å². The fraction of sp³-hybridized carbons (Fsp3) is 0.381. The van der Waals surface area contributed by atoms with Crippen LogP contribution in [0.3, 0.4) is 0 Å². The van der Waals surface area contributed by atoms with Gasteiger partial charge in [0.2, 0.25) is 0 Å². The number of hydrogen-bond donors (Lipinski definition) is 2. The number of amides is 1. The molecule has 1 aliphatic rings. The largest absolute Gasteiger partial charge is 0.366 e. The number of aromatic nitrogens is 1. The standard InChI is InChI=1S/C21H25N3O3S2/c1-24(2)10-17-6-16(11-28-17)14-7-18-15(5-13-3-4-29(26,27)12-13)9-23-20(18)19(8-14)21(22)25/h6-9,11,13,23H,3-5,10,12H2,1-2H3,(H2,22,25). The number of nitrogens with two attached hydrogens (primary N) is 1. The highest BCUT2D eigenvalue weighted by molar-refractivity contribution is 7.91. The Bertz CT molecular complexity index is 1180. The van der Waals surface area contributed by atoms with Crippen molar-refractivity contribution in [2.75, 3.05) is 25.6 Å². The highest BCUT2D eigenvalue weighted by Crippen LogP contribution is 2.34. The van der Waals surface area contributed by atoms with Crippen LogP contribution in [0.4, 0.5) is 0 Å². The number of thiophene rings is 1. The fourth-order valence-electron chi connectivity index (χ4n) is 4.09. The zero-order chi connectivity index (χ0) is 20.8. The maximum Gasteiger partial charge on any atom is 0.250 e. The molecule has 3 aromatic rings. The van der Waals surface area contributed by atoms with E-state index in [0.29, 0.717) is 18.4 Å². The molecule has 0 aliphatic carbocycles. The van der Waals surface area contributed by atoms with E-state index in [1.807, 2.05) is 26.4 Å². The third-order valence-corrected chi connectivity index (χ3v) is 8.19. The number of H-pyrrole nitrogens is 1. The number of sulfone groups is 1. The van der Waals surface area contributed by atoms with Gasteiger partial charge < -0.3 is 15.6 Å². The zero-order valence-corrected chi connectivity index (χ0v) is 18.2. The van der Waals surface area contributed by atoms with Gasteiger partial charge in [0, 0.05) is 23.0 Å². The molecule has 8 heteroatoms. The first-order chi connectivity index (χ1) is 13.7. The molecule has 0 spiro atoms. The van der Waals surface area contributed by atoms with Crippen LogP contribution in [-0.4, -0.2) is 49.8 Å². The summed E-state index contributed by atoms with van der Waals surface area (Å²) in [5.74, 6) is 0.145. The summed E-state index contributed by atoms with van der Waals surface area (Å²) < 4.78 is 23.6. The van der Waals surface area contributed by atoms with E-state index in [1.165, 1.54) is 4.88 Å². The summed E-state index contributed by atoms with van der Waals surface area (Å²) in [6, 6.07) is 6.07. The second-order valence-corrected chi connectivity index (χ2v) is 11.4. The molecule has 1 fully saturated rings. The van der Waals surface area contributed by atoms with Crippen LogP contribution in [0.2, 0.25) is 0 Å². The highest BCUT2D eigenvalue weighted by atomic mass is 32.2. The number of hydrogen-bond acceptors (Lipinski definition) is 5. The zero-order valence-electron chi connectivity index (χ0n) is 16.6. The minimum atomic E-state index is -2.92. The number of rotatable bonds is 6. The summed E-state index contributed by atoms with van der Waals surface area (Å²) in [5, 5.41) is 3.04. The molecule has 3 heterocycles. The Labute approximate surface area is 174 Å². The predicted octanol–water partition coefficient (Wildman–Crippen LogP) is 3.03. The van der Waals surface area contributed by atoms with Crippen LogP contribution in [0.15, 0.2) is 29.8 Å². The van der Waals surface area contributed by atoms with E-state index in [4.69, 9.17) is 5.73 Å². The van der Waals surface area contributed by atoms with Gasteiger partial charge in [0.05, 0.1) is 22.6 Å². The average molecular weight is 432 g/mol. The summed E-state index contributed by atoms with van der Waals surface area (Å²) in [4.78, 5) is 18.7. The Morgan fingerprint density at radius 1 is 1.28 bits per heavy atom. The second-order valence-electron chi connectivity index (χ2n) is 8.14. The van der Waals surface area contributed by atoms with E-state index in [1.54, 1.807) is 11.3 Å². The van der Waals surface area contributed by atoms with E-state index in [2.05, 4.69) is 27.4 Å². The maximum atomic E-state index is 12.1. The van der Waals surface area contributed by atoms with Crippen molar-refractivity contribution in [3.8, 4) is 11.1 Å². The Hall–Kier alpha value is -2.16. The molecule has 154 valence electrons. The molecule has 1 unspecified atom stereocenters. The number of carbonyl (C=O) groups excluding carboxylic acids is 1. The Morgan fingerprint density at radius 2 is 2.07 bits per heavy atom. The molecule has 2 aromatic heterocycles. The molecule has 1 atom stereocenters. The Balaban J connectivity index is 1.74. The number of primary amides is 1. The topological polar surface area (TPSA) is 96.3 Å². The predicted molar refractivity (Wildman–Crippen MR) is 118 cm³/mol. The van der Waals surface area contributed by atoms with Crippen molar-refractivity contribution in [2.24, 2.45) is 11.7 Å². The lowest BCUT2D eigenvalue weighted by atomic mass is 9.95. The first-order valence-electron chi connectivity index (χ1n) is 9.58. The molecular formula is C21H25N3O3S2. The molecule has 0 saturated carbocycles. The quantitative estimate of drug-likeness (QED) is 0.627. The number of nitrogens with zero attached hydrogens (tertiary/aromatic N) is 1. The van der Waals surface area contributed by atoms with Crippen LogP contribution in [-0.2, 0) is 22.8 Å². The smallest absolute Gasteiger partial charge is 0.250 e. The number of carbonyl (C=O) groups is 1. The maximum absolute atomic E-state index is 12.1. The molecule has 1 amide bonds. The van der Waals surface area contributed by atoms with Crippen LogP contribution in [0, 0.1) is 5.92 Å². The SMILES string of the molecule is CN(C)Cc1cc(-c2cc(C(N)=O)c3[nH]cc(CC4CCS(=O)(=O)C4)c3c2)cs1. The third-order valence-electron chi connectivity index (χ3n) is 5.43. The number of aromatic amines is 1. The van der Waals surface area contributed by atoms with Gasteiger partial charge in [0.1, 0.15) is 0 Å². The normalized spacial score (nSPS) is 18.7. The van der Waals surface area contributed by atoms with Gasteiger partial charge >= 0.3 is 0 Å². The van der Waals surface area contributed by atoms with Gasteiger partial charge in [-0.05, 0) is 73.1 Å². The molecule has 0 bridgehead atoms. The third kappa shape index (κ3) is 4.24. The van der Waals surface area contributed by atoms with E-state index in [-0.39, 0.29) is 17.4 Å². The monoisotopic (exact) mass is 431 g/mol. The van der Waals surface area contributed by atoms with E-state index >= 15 is 0 Å². The molecule has 1 aromatic carbocycles. The van der Waals surface area contributed by atoms with Gasteiger partial charge in [-0.25, -0.2) is 8.42 Å². The molecule has 4 rings (SSSR count). The lowest BCUT2D eigenvalue weighted by Crippen LogP contribution is -2.12. The summed E-state index contributed by atoms with van der Waals surface area (Å²) in [6.07, 6.45) is 3.25. The van der Waals surface area contributed by atoms with Crippen molar-refractivity contribution in [1.82, 2.24) is 9.88 Å². The lowest BCUT2D eigenvalue weighted by molar-refractivity contribution is 0.100. The number of nitrogens with one attached hydrogen (secondary N) is 1. The van der Waals surface area contributed by atoms with Gasteiger partial charge in [-0.15, -0.1) is 11.3 Å². The van der Waals surface area contributed by atoms with Crippen molar-refractivity contribution in [2.45, 2.75) is 19.4 Å². The van der Waals surface area contributed by atoms with Crippen LogP contribution >= 0.6 is 11.3 Å². The number of fused-ring (bicyclic) bond motifs is 1. The summed E-state index contributed by atoms with van der Waals surface area (Å²) >= 11 is 1.69. The minimum absolute atomic E-state index is 0.118. The Kier molecular flexibility index (Phi) is 5.27. The molecule has 3 N–H and O–H groups in total. The summed E-state index contributed by atoms with van der Waals surface area (Å²) in [5.41, 5.74) is 9.90. The van der Waals surface area contributed by atoms with Crippen molar-refractivity contribution in [3.05, 3.63) is 45.8 Å². The second kappa shape index (κ2) is 7.59. The van der Waals surface area contributed by atoms with Gasteiger partial charge in [0.25, 0.3) is 5.91 Å². The van der Waals surface area contributed by atoms with Crippen LogP contribution in [0.5, 0.6) is 0 Å². The summed E-state index contributed by atoms with van der Waals surface area (Å²) in [7, 11) is 1.15. The first-order valence-corrected chi connectivity index (χ1v) is 12.3. The number of benzene rings is 1. The van der Waals surface area contributed by atoms with Gasteiger partial charge in [0.15, 0.2) is 9.84 Å². The van der Waals surface area contributed by atoms with Gasteiger partial charge in [-0.3, -0.25) is 4.79 Å². The van der Waals surface area contributed by atoms with Crippen LogP contribution in [0.1, 0.15) is 27.2 Å². The van der Waals surface area contributed by atoms with Gasteiger partial charge in [-0.2, -0.15) is 0 Å². The molecule has 29 heavy (non-hydrogen) atoms. The van der Waals surface area contributed by atoms with Crippen LogP contribution < -0.4 is 5.73 Å². The van der Waals surface area contributed by atoms with E-state index < -0.39 is 15.7 Å². The molecular weight excluding hydrogens is 406 g/mol. The summed E-state index contributed by atoms with van der Waals surface area (Å²) in [6.45, 7) is 0.862. The van der Waals surface area contributed by atoms with Crippen molar-refractivity contribution in [3.63, 3.8) is 0 Å². The van der Waals surface area contributed by atoms with Crippen molar-refractivity contribution < 1.29 is 13.2 Å².